The minimum Gasteiger partial charge on any atom is -0.496 e. The maximum Gasteiger partial charge on any atom is 0.273 e. The van der Waals surface area contributed by atoms with Crippen molar-refractivity contribution in [2.45, 2.75) is 20.3 Å². The van der Waals surface area contributed by atoms with E-state index in [-0.39, 0.29) is 17.4 Å². The van der Waals surface area contributed by atoms with Gasteiger partial charge >= 0.3 is 0 Å². The second-order valence-corrected chi connectivity index (χ2v) is 4.53. The Morgan fingerprint density at radius 1 is 1.37 bits per heavy atom. The fourth-order valence-corrected chi connectivity index (χ4v) is 1.52. The first-order valence-electron chi connectivity index (χ1n) is 5.93. The molecule has 2 N–H and O–H groups in total. The molecule has 1 rings (SSSR count). The van der Waals surface area contributed by atoms with Crippen LogP contribution in [0.4, 0.5) is 0 Å². The number of ether oxygens (including phenoxy) is 1. The number of methoxy groups -OCH3 is 1. The van der Waals surface area contributed by atoms with Gasteiger partial charge in [-0.2, -0.15) is 0 Å². The summed E-state index contributed by atoms with van der Waals surface area (Å²) in [5, 5.41) is 0.416. The van der Waals surface area contributed by atoms with Crippen LogP contribution in [0.1, 0.15) is 30.6 Å². The van der Waals surface area contributed by atoms with Crippen molar-refractivity contribution in [3.05, 3.63) is 28.8 Å². The van der Waals surface area contributed by atoms with Gasteiger partial charge in [-0.15, -0.1) is 0 Å². The molecule has 1 aromatic rings. The van der Waals surface area contributed by atoms with E-state index < -0.39 is 5.91 Å². The molecule has 0 aliphatic heterocycles. The van der Waals surface area contributed by atoms with Crippen LogP contribution in [0.15, 0.2) is 18.2 Å². The molecular formula is C13H17ClN2O3. The number of amides is 2. The van der Waals surface area contributed by atoms with Gasteiger partial charge in [0.2, 0.25) is 5.91 Å². The van der Waals surface area contributed by atoms with E-state index in [0.29, 0.717) is 17.2 Å². The van der Waals surface area contributed by atoms with Gasteiger partial charge in [0.1, 0.15) is 5.75 Å². The van der Waals surface area contributed by atoms with Crippen molar-refractivity contribution in [2.75, 3.05) is 7.11 Å². The summed E-state index contributed by atoms with van der Waals surface area (Å²) < 4.78 is 5.06. The maximum atomic E-state index is 11.9. The van der Waals surface area contributed by atoms with Gasteiger partial charge in [-0.3, -0.25) is 20.4 Å². The smallest absolute Gasteiger partial charge is 0.273 e. The average Bonchev–Trinajstić information content (AvgIpc) is 2.43. The summed E-state index contributed by atoms with van der Waals surface area (Å²) in [4.78, 5) is 23.5. The summed E-state index contributed by atoms with van der Waals surface area (Å²) in [6.45, 7) is 3.67. The minimum absolute atomic E-state index is 0.165. The van der Waals surface area contributed by atoms with E-state index in [0.717, 1.165) is 0 Å². The Hall–Kier alpha value is -1.75. The molecule has 2 amide bonds. The molecule has 1 aromatic carbocycles. The lowest BCUT2D eigenvalue weighted by Gasteiger charge is -2.12. The predicted octanol–water partition coefficient (Wildman–Crippen LogP) is 2.16. The molecule has 0 heterocycles. The second-order valence-electron chi connectivity index (χ2n) is 4.10. The highest BCUT2D eigenvalue weighted by molar-refractivity contribution is 6.31. The summed E-state index contributed by atoms with van der Waals surface area (Å²) in [6.07, 6.45) is 0.697. The highest BCUT2D eigenvalue weighted by atomic mass is 35.5. The largest absolute Gasteiger partial charge is 0.496 e. The number of rotatable bonds is 4. The number of halogens is 1. The summed E-state index contributed by atoms with van der Waals surface area (Å²) in [6, 6.07) is 4.69. The van der Waals surface area contributed by atoms with Gasteiger partial charge in [0.05, 0.1) is 12.7 Å². The Balaban J connectivity index is 2.73. The van der Waals surface area contributed by atoms with Crippen LogP contribution in [0.3, 0.4) is 0 Å². The van der Waals surface area contributed by atoms with Crippen molar-refractivity contribution in [1.29, 1.82) is 0 Å². The van der Waals surface area contributed by atoms with Crippen LogP contribution in [-0.4, -0.2) is 18.9 Å². The minimum atomic E-state index is -0.476. The normalized spacial score (nSPS) is 11.6. The predicted molar refractivity (Wildman–Crippen MR) is 73.1 cm³/mol. The van der Waals surface area contributed by atoms with Crippen molar-refractivity contribution in [1.82, 2.24) is 10.9 Å². The van der Waals surface area contributed by atoms with Crippen molar-refractivity contribution in [3.63, 3.8) is 0 Å². The first-order valence-corrected chi connectivity index (χ1v) is 6.31. The standard InChI is InChI=1S/C13H17ClN2O3/c1-4-8(2)12(17)15-16-13(18)10-7-9(14)5-6-11(10)19-3/h5-8H,4H2,1-3H3,(H,15,17)(H,16,18). The van der Waals surface area contributed by atoms with E-state index in [9.17, 15) is 9.59 Å². The zero-order chi connectivity index (χ0) is 14.4. The number of nitrogens with one attached hydrogen (secondary N) is 2. The quantitative estimate of drug-likeness (QED) is 0.833. The molecule has 0 fully saturated rings. The average molecular weight is 285 g/mol. The van der Waals surface area contributed by atoms with E-state index in [1.54, 1.807) is 19.1 Å². The third-order valence-electron chi connectivity index (χ3n) is 2.77. The molecule has 0 radical (unpaired) electrons. The fraction of sp³-hybridized carbons (Fsp3) is 0.385. The molecule has 0 bridgehead atoms. The van der Waals surface area contributed by atoms with Gasteiger partial charge in [-0.25, -0.2) is 0 Å². The molecule has 0 saturated heterocycles. The molecule has 1 atom stereocenters. The third-order valence-corrected chi connectivity index (χ3v) is 3.00. The van der Waals surface area contributed by atoms with E-state index in [4.69, 9.17) is 16.3 Å². The Morgan fingerprint density at radius 2 is 2.05 bits per heavy atom. The first-order chi connectivity index (χ1) is 8.99. The third kappa shape index (κ3) is 4.13. The van der Waals surface area contributed by atoms with Crippen LogP contribution in [0, 0.1) is 5.92 Å². The number of carbonyl (C=O) groups excluding carboxylic acids is 2. The van der Waals surface area contributed by atoms with Crippen molar-refractivity contribution in [3.8, 4) is 5.75 Å². The first kappa shape index (κ1) is 15.3. The molecule has 1 unspecified atom stereocenters. The summed E-state index contributed by atoms with van der Waals surface area (Å²) >= 11 is 5.83. The van der Waals surface area contributed by atoms with Crippen LogP contribution in [0.5, 0.6) is 5.75 Å². The van der Waals surface area contributed by atoms with Gasteiger partial charge in [-0.1, -0.05) is 25.4 Å². The summed E-state index contributed by atoms with van der Waals surface area (Å²) in [5.74, 6) is -0.492. The SMILES string of the molecule is CCC(C)C(=O)NNC(=O)c1cc(Cl)ccc1OC. The summed E-state index contributed by atoms with van der Waals surface area (Å²) in [7, 11) is 1.46. The lowest BCUT2D eigenvalue weighted by atomic mass is 10.1. The van der Waals surface area contributed by atoms with Crippen molar-refractivity contribution < 1.29 is 14.3 Å². The van der Waals surface area contributed by atoms with Crippen LogP contribution in [-0.2, 0) is 4.79 Å². The number of benzene rings is 1. The molecule has 0 aliphatic carbocycles. The Labute approximate surface area is 117 Å². The molecule has 5 nitrogen and oxygen atoms in total. The van der Waals surface area contributed by atoms with E-state index in [1.807, 2.05) is 6.92 Å². The lowest BCUT2D eigenvalue weighted by Crippen LogP contribution is -2.44. The monoisotopic (exact) mass is 284 g/mol. The van der Waals surface area contributed by atoms with Gasteiger partial charge in [0.15, 0.2) is 0 Å². The lowest BCUT2D eigenvalue weighted by molar-refractivity contribution is -0.125. The fourth-order valence-electron chi connectivity index (χ4n) is 1.35. The number of carbonyl (C=O) groups is 2. The zero-order valence-electron chi connectivity index (χ0n) is 11.1. The Kier molecular flexibility index (Phi) is 5.63. The highest BCUT2D eigenvalue weighted by Crippen LogP contribution is 2.22. The highest BCUT2D eigenvalue weighted by Gasteiger charge is 2.15. The molecule has 0 spiro atoms. The van der Waals surface area contributed by atoms with Crippen molar-refractivity contribution in [2.24, 2.45) is 5.92 Å². The van der Waals surface area contributed by atoms with Crippen molar-refractivity contribution >= 4 is 23.4 Å². The van der Waals surface area contributed by atoms with Gasteiger partial charge in [0.25, 0.3) is 5.91 Å². The van der Waals surface area contributed by atoms with E-state index >= 15 is 0 Å². The van der Waals surface area contributed by atoms with Crippen LogP contribution in [0.25, 0.3) is 0 Å². The molecule has 0 aromatic heterocycles. The van der Waals surface area contributed by atoms with Gasteiger partial charge in [0, 0.05) is 10.9 Å². The molecule has 0 aliphatic rings. The molecule has 19 heavy (non-hydrogen) atoms. The van der Waals surface area contributed by atoms with Crippen LogP contribution in [0.2, 0.25) is 5.02 Å². The summed E-state index contributed by atoms with van der Waals surface area (Å²) in [5.41, 5.74) is 4.97. The molecular weight excluding hydrogens is 268 g/mol. The Morgan fingerprint density at radius 3 is 2.63 bits per heavy atom. The molecule has 0 saturated carbocycles. The van der Waals surface area contributed by atoms with E-state index in [2.05, 4.69) is 10.9 Å². The van der Waals surface area contributed by atoms with Crippen LogP contribution >= 0.6 is 11.6 Å². The maximum absolute atomic E-state index is 11.9. The molecule has 6 heteroatoms. The topological polar surface area (TPSA) is 67.4 Å². The Bertz CT molecular complexity index is 477. The van der Waals surface area contributed by atoms with Crippen LogP contribution < -0.4 is 15.6 Å². The number of hydrogen-bond donors (Lipinski definition) is 2. The number of hydrogen-bond acceptors (Lipinski definition) is 3. The van der Waals surface area contributed by atoms with Gasteiger partial charge < -0.3 is 4.74 Å². The number of hydrazine groups is 1. The molecule has 104 valence electrons. The second kappa shape index (κ2) is 6.99. The van der Waals surface area contributed by atoms with Gasteiger partial charge in [-0.05, 0) is 24.6 Å². The van der Waals surface area contributed by atoms with E-state index in [1.165, 1.54) is 13.2 Å². The zero-order valence-corrected chi connectivity index (χ0v) is 11.9.